The summed E-state index contributed by atoms with van der Waals surface area (Å²) in [7, 11) is 0. The van der Waals surface area contributed by atoms with E-state index in [9.17, 15) is 0 Å². The Kier molecular flexibility index (Phi) is 4.55. The van der Waals surface area contributed by atoms with Gasteiger partial charge in [0, 0.05) is 11.8 Å². The molecule has 0 unspecified atom stereocenters. The molecule has 0 aliphatic rings. The van der Waals surface area contributed by atoms with Crippen molar-refractivity contribution in [2.75, 3.05) is 6.61 Å². The van der Waals surface area contributed by atoms with Gasteiger partial charge in [-0.3, -0.25) is 5.41 Å². The molecule has 1 heterocycles. The quantitative estimate of drug-likeness (QED) is 0.614. The maximum absolute atomic E-state index is 7.33. The highest BCUT2D eigenvalue weighted by Gasteiger charge is 2.10. The normalized spacial score (nSPS) is 10.5. The minimum absolute atomic E-state index is 0.0823. The first-order chi connectivity index (χ1) is 7.52. The molecule has 0 aliphatic heterocycles. The Hall–Kier alpha value is -1.29. The number of nitrogens with two attached hydrogens (primary N) is 1. The van der Waals surface area contributed by atoms with Gasteiger partial charge >= 0.3 is 0 Å². The number of rotatable bonds is 5. The molecule has 88 valence electrons. The summed E-state index contributed by atoms with van der Waals surface area (Å²) in [5.74, 6) is 0.825. The van der Waals surface area contributed by atoms with Gasteiger partial charge < -0.3 is 10.5 Å². The lowest BCUT2D eigenvalue weighted by Gasteiger charge is -2.10. The molecule has 5 heteroatoms. The standard InChI is InChI=1S/C11H16ClN3O/c1-7(2)4-6-16-11-9(12)8(10(13)14)3-5-15-11/h3,5,7H,4,6H2,1-2H3,(H3,13,14). The molecule has 0 fully saturated rings. The SMILES string of the molecule is CC(C)CCOc1nccc(C(=N)N)c1Cl. The zero-order valence-corrected chi connectivity index (χ0v) is 10.2. The van der Waals surface area contributed by atoms with Crippen LogP contribution in [0, 0.1) is 11.3 Å². The summed E-state index contributed by atoms with van der Waals surface area (Å²) in [5, 5.41) is 7.63. The molecular weight excluding hydrogens is 226 g/mol. The van der Waals surface area contributed by atoms with Gasteiger partial charge in [-0.1, -0.05) is 25.4 Å². The summed E-state index contributed by atoms with van der Waals surface area (Å²) in [6.45, 7) is 4.79. The van der Waals surface area contributed by atoms with Crippen LogP contribution in [0.5, 0.6) is 5.88 Å². The highest BCUT2D eigenvalue weighted by atomic mass is 35.5. The highest BCUT2D eigenvalue weighted by Crippen LogP contribution is 2.25. The molecule has 0 atom stereocenters. The van der Waals surface area contributed by atoms with Crippen LogP contribution in [0.3, 0.4) is 0 Å². The average Bonchev–Trinajstić information content (AvgIpc) is 2.19. The van der Waals surface area contributed by atoms with Crippen LogP contribution in [0.15, 0.2) is 12.3 Å². The molecule has 0 radical (unpaired) electrons. The molecule has 0 aromatic carbocycles. The van der Waals surface area contributed by atoms with Crippen LogP contribution in [0.1, 0.15) is 25.8 Å². The highest BCUT2D eigenvalue weighted by molar-refractivity contribution is 6.35. The number of hydrogen-bond acceptors (Lipinski definition) is 3. The number of aromatic nitrogens is 1. The number of nitrogens with zero attached hydrogens (tertiary/aromatic N) is 1. The molecule has 16 heavy (non-hydrogen) atoms. The second-order valence-corrected chi connectivity index (χ2v) is 4.30. The predicted octanol–water partition coefficient (Wildman–Crippen LogP) is 2.44. The molecule has 1 rings (SSSR count). The van der Waals surface area contributed by atoms with E-state index < -0.39 is 0 Å². The number of halogens is 1. The van der Waals surface area contributed by atoms with Gasteiger partial charge in [0.25, 0.3) is 0 Å². The first kappa shape index (κ1) is 12.8. The Morgan fingerprint density at radius 1 is 1.62 bits per heavy atom. The minimum Gasteiger partial charge on any atom is -0.477 e. The van der Waals surface area contributed by atoms with Gasteiger partial charge in [-0.05, 0) is 18.4 Å². The van der Waals surface area contributed by atoms with Gasteiger partial charge in [-0.2, -0.15) is 0 Å². The van der Waals surface area contributed by atoms with E-state index in [0.717, 1.165) is 6.42 Å². The second-order valence-electron chi connectivity index (χ2n) is 3.92. The monoisotopic (exact) mass is 241 g/mol. The van der Waals surface area contributed by atoms with Crippen molar-refractivity contribution in [1.29, 1.82) is 5.41 Å². The molecule has 1 aromatic rings. The van der Waals surface area contributed by atoms with Crippen LogP contribution in [-0.4, -0.2) is 17.4 Å². The summed E-state index contributed by atoms with van der Waals surface area (Å²) in [5.41, 5.74) is 5.83. The van der Waals surface area contributed by atoms with E-state index in [4.69, 9.17) is 27.5 Å². The molecule has 0 spiro atoms. The molecule has 0 saturated heterocycles. The van der Waals surface area contributed by atoms with Crippen molar-refractivity contribution in [3.05, 3.63) is 22.8 Å². The van der Waals surface area contributed by atoms with E-state index >= 15 is 0 Å². The van der Waals surface area contributed by atoms with Crippen LogP contribution in [-0.2, 0) is 0 Å². The van der Waals surface area contributed by atoms with Gasteiger partial charge in [0.1, 0.15) is 10.9 Å². The fraction of sp³-hybridized carbons (Fsp3) is 0.455. The number of amidine groups is 1. The van der Waals surface area contributed by atoms with Crippen LogP contribution in [0.25, 0.3) is 0 Å². The smallest absolute Gasteiger partial charge is 0.233 e. The molecule has 0 saturated carbocycles. The Morgan fingerprint density at radius 2 is 2.31 bits per heavy atom. The fourth-order valence-corrected chi connectivity index (χ4v) is 1.39. The topological polar surface area (TPSA) is 72.0 Å². The van der Waals surface area contributed by atoms with E-state index in [0.29, 0.717) is 29.0 Å². The van der Waals surface area contributed by atoms with Crippen molar-refractivity contribution in [2.45, 2.75) is 20.3 Å². The summed E-state index contributed by atoms with van der Waals surface area (Å²) in [4.78, 5) is 4.01. The number of nitrogens with one attached hydrogen (secondary N) is 1. The maximum atomic E-state index is 7.33. The van der Waals surface area contributed by atoms with Gasteiger partial charge in [-0.15, -0.1) is 0 Å². The third kappa shape index (κ3) is 3.38. The van der Waals surface area contributed by atoms with E-state index in [2.05, 4.69) is 18.8 Å². The number of pyridine rings is 1. The first-order valence-electron chi connectivity index (χ1n) is 5.14. The number of hydrogen-bond donors (Lipinski definition) is 2. The van der Waals surface area contributed by atoms with Gasteiger partial charge in [0.2, 0.25) is 5.88 Å². The Balaban J connectivity index is 2.73. The second kappa shape index (κ2) is 5.70. The van der Waals surface area contributed by atoms with Crippen molar-refractivity contribution in [3.8, 4) is 5.88 Å². The van der Waals surface area contributed by atoms with Crippen LogP contribution < -0.4 is 10.5 Å². The summed E-state index contributed by atoms with van der Waals surface area (Å²) in [6, 6.07) is 1.60. The Morgan fingerprint density at radius 3 is 2.88 bits per heavy atom. The molecule has 4 nitrogen and oxygen atoms in total. The predicted molar refractivity (Wildman–Crippen MR) is 65.2 cm³/mol. The third-order valence-corrected chi connectivity index (χ3v) is 2.45. The van der Waals surface area contributed by atoms with Gasteiger partial charge in [0.15, 0.2) is 0 Å². The molecular formula is C11H16ClN3O. The molecule has 0 bridgehead atoms. The Bertz CT molecular complexity index is 379. The van der Waals surface area contributed by atoms with Gasteiger partial charge in [0.05, 0.1) is 6.61 Å². The van der Waals surface area contributed by atoms with Crippen molar-refractivity contribution in [2.24, 2.45) is 11.7 Å². The first-order valence-corrected chi connectivity index (χ1v) is 5.52. The van der Waals surface area contributed by atoms with Crippen molar-refractivity contribution in [3.63, 3.8) is 0 Å². The zero-order chi connectivity index (χ0) is 12.1. The number of nitrogen functional groups attached to an aromatic ring is 1. The summed E-state index contributed by atoms with van der Waals surface area (Å²) < 4.78 is 5.44. The fourth-order valence-electron chi connectivity index (χ4n) is 1.12. The largest absolute Gasteiger partial charge is 0.477 e. The van der Waals surface area contributed by atoms with Crippen molar-refractivity contribution < 1.29 is 4.74 Å². The van der Waals surface area contributed by atoms with Gasteiger partial charge in [-0.25, -0.2) is 4.98 Å². The molecule has 3 N–H and O–H groups in total. The lowest BCUT2D eigenvalue weighted by atomic mass is 10.1. The van der Waals surface area contributed by atoms with E-state index in [1.807, 2.05) is 0 Å². The summed E-state index contributed by atoms with van der Waals surface area (Å²) >= 11 is 6.01. The van der Waals surface area contributed by atoms with E-state index in [1.165, 1.54) is 6.20 Å². The summed E-state index contributed by atoms with van der Waals surface area (Å²) in [6.07, 6.45) is 2.47. The Labute approximate surface area is 100 Å². The maximum Gasteiger partial charge on any atom is 0.233 e. The third-order valence-electron chi connectivity index (χ3n) is 2.08. The van der Waals surface area contributed by atoms with Crippen LogP contribution in [0.4, 0.5) is 0 Å². The zero-order valence-electron chi connectivity index (χ0n) is 9.46. The number of ether oxygens (including phenoxy) is 1. The molecule has 1 aromatic heterocycles. The van der Waals surface area contributed by atoms with Crippen molar-refractivity contribution >= 4 is 17.4 Å². The van der Waals surface area contributed by atoms with Crippen molar-refractivity contribution in [1.82, 2.24) is 4.98 Å². The average molecular weight is 242 g/mol. The lowest BCUT2D eigenvalue weighted by molar-refractivity contribution is 0.279. The lowest BCUT2D eigenvalue weighted by Crippen LogP contribution is -2.13. The van der Waals surface area contributed by atoms with Crippen LogP contribution in [0.2, 0.25) is 5.02 Å². The van der Waals surface area contributed by atoms with E-state index in [-0.39, 0.29) is 5.84 Å². The molecule has 0 amide bonds. The van der Waals surface area contributed by atoms with E-state index in [1.54, 1.807) is 6.07 Å². The molecule has 0 aliphatic carbocycles. The van der Waals surface area contributed by atoms with Crippen LogP contribution >= 0.6 is 11.6 Å². The minimum atomic E-state index is -0.0823.